The third-order valence-electron chi connectivity index (χ3n) is 6.28. The molecule has 2 aliphatic rings. The molecular weight excluding hydrogens is 378 g/mol. The minimum atomic E-state index is -0.475. The molecule has 1 aromatic heterocycles. The number of H-pyrrole nitrogens is 1. The fraction of sp³-hybridized carbons (Fsp3) is 0.333. The third kappa shape index (κ3) is 2.70. The summed E-state index contributed by atoms with van der Waals surface area (Å²) in [5.74, 6) is 0.644. The number of rotatable bonds is 5. The van der Waals surface area contributed by atoms with Crippen molar-refractivity contribution in [3.63, 3.8) is 0 Å². The molecule has 30 heavy (non-hydrogen) atoms. The third-order valence-corrected chi connectivity index (χ3v) is 6.28. The number of nitrogens with one attached hydrogen (secondary N) is 1. The van der Waals surface area contributed by atoms with Crippen molar-refractivity contribution in [2.45, 2.75) is 38.3 Å². The number of carbonyl (C=O) groups excluding carboxylic acids is 2. The summed E-state index contributed by atoms with van der Waals surface area (Å²) in [7, 11) is 1.63. The minimum absolute atomic E-state index is 0.0859. The van der Waals surface area contributed by atoms with Gasteiger partial charge in [0.2, 0.25) is 0 Å². The first-order valence-electron chi connectivity index (χ1n) is 10.5. The highest BCUT2D eigenvalue weighted by atomic mass is 16.5. The monoisotopic (exact) mass is 403 g/mol. The highest BCUT2D eigenvalue weighted by molar-refractivity contribution is 6.05. The first kappa shape index (κ1) is 18.7. The fourth-order valence-electron chi connectivity index (χ4n) is 4.81. The van der Waals surface area contributed by atoms with Gasteiger partial charge in [0.1, 0.15) is 17.8 Å². The van der Waals surface area contributed by atoms with Crippen molar-refractivity contribution in [1.29, 1.82) is 0 Å². The number of hydrogen-bond donors (Lipinski definition) is 1. The molecule has 0 spiro atoms. The van der Waals surface area contributed by atoms with E-state index >= 15 is 0 Å². The molecule has 0 saturated carbocycles. The van der Waals surface area contributed by atoms with Crippen LogP contribution in [0, 0.1) is 0 Å². The number of imide groups is 1. The molecule has 2 atom stereocenters. The van der Waals surface area contributed by atoms with Crippen LogP contribution in [0.15, 0.2) is 48.5 Å². The normalized spacial score (nSPS) is 20.6. The van der Waals surface area contributed by atoms with Gasteiger partial charge in [0.15, 0.2) is 0 Å². The van der Waals surface area contributed by atoms with Gasteiger partial charge in [0.25, 0.3) is 5.91 Å². The van der Waals surface area contributed by atoms with Gasteiger partial charge in [-0.1, -0.05) is 43.7 Å². The molecule has 5 rings (SSSR count). The van der Waals surface area contributed by atoms with Gasteiger partial charge in [-0.25, -0.2) is 4.79 Å². The maximum Gasteiger partial charge on any atom is 0.328 e. The number of methoxy groups -OCH3 is 1. The van der Waals surface area contributed by atoms with Gasteiger partial charge in [0, 0.05) is 29.6 Å². The fourth-order valence-corrected chi connectivity index (χ4v) is 4.81. The molecule has 3 aromatic rings. The number of nitrogens with zero attached hydrogens (tertiary/aromatic N) is 2. The Morgan fingerprint density at radius 2 is 1.97 bits per heavy atom. The first-order chi connectivity index (χ1) is 14.6. The highest BCUT2D eigenvalue weighted by Gasteiger charge is 2.52. The van der Waals surface area contributed by atoms with Crippen LogP contribution in [0.25, 0.3) is 10.9 Å². The smallest absolute Gasteiger partial charge is 0.328 e. The molecule has 6 nitrogen and oxygen atoms in total. The summed E-state index contributed by atoms with van der Waals surface area (Å²) in [6.07, 6.45) is 2.29. The first-order valence-corrected chi connectivity index (χ1v) is 10.5. The molecule has 0 bridgehead atoms. The summed E-state index contributed by atoms with van der Waals surface area (Å²) in [5.41, 5.74) is 4.07. The van der Waals surface area contributed by atoms with Gasteiger partial charge in [-0.2, -0.15) is 0 Å². The molecular formula is C24H25N3O3. The zero-order valence-corrected chi connectivity index (χ0v) is 17.2. The molecule has 3 amide bonds. The average molecular weight is 403 g/mol. The number of urea groups is 1. The van der Waals surface area contributed by atoms with Crippen LogP contribution in [0.5, 0.6) is 5.75 Å². The predicted octanol–water partition coefficient (Wildman–Crippen LogP) is 4.25. The lowest BCUT2D eigenvalue weighted by molar-refractivity contribution is -0.128. The number of hydrogen-bond acceptors (Lipinski definition) is 3. The van der Waals surface area contributed by atoms with Crippen LogP contribution >= 0.6 is 0 Å². The van der Waals surface area contributed by atoms with Gasteiger partial charge in [-0.05, 0) is 35.7 Å². The minimum Gasteiger partial charge on any atom is -0.497 e. The van der Waals surface area contributed by atoms with Crippen LogP contribution in [0.3, 0.4) is 0 Å². The maximum absolute atomic E-state index is 13.4. The average Bonchev–Trinajstić information content (AvgIpc) is 3.26. The van der Waals surface area contributed by atoms with E-state index in [0.717, 1.165) is 46.3 Å². The largest absolute Gasteiger partial charge is 0.497 e. The van der Waals surface area contributed by atoms with Crippen molar-refractivity contribution >= 4 is 22.8 Å². The summed E-state index contributed by atoms with van der Waals surface area (Å²) in [5, 5.41) is 1.12. The van der Waals surface area contributed by atoms with Crippen molar-refractivity contribution in [3.8, 4) is 5.75 Å². The molecule has 0 aliphatic carbocycles. The summed E-state index contributed by atoms with van der Waals surface area (Å²) in [4.78, 5) is 33.4. The standard InChI is InChI=1S/C24H25N3O3/c1-3-4-12-26-23(28)20-14-18-17-10-5-6-11-19(17)25-21(18)22(27(20)24(26)29)15-8-7-9-16(13-15)30-2/h5-11,13,20,22,25H,3-4,12,14H2,1-2H3/t20-,22-/m0/s1. The van der Waals surface area contributed by atoms with Crippen LogP contribution < -0.4 is 4.74 Å². The molecule has 0 radical (unpaired) electrons. The number of ether oxygens (including phenoxy) is 1. The quantitative estimate of drug-likeness (QED) is 0.648. The number of fused-ring (bicyclic) bond motifs is 4. The molecule has 154 valence electrons. The van der Waals surface area contributed by atoms with Crippen molar-refractivity contribution in [3.05, 3.63) is 65.4 Å². The zero-order valence-electron chi connectivity index (χ0n) is 17.2. The van der Waals surface area contributed by atoms with Crippen molar-refractivity contribution in [1.82, 2.24) is 14.8 Å². The second-order valence-electron chi connectivity index (χ2n) is 8.00. The summed E-state index contributed by atoms with van der Waals surface area (Å²) in [6.45, 7) is 2.54. The van der Waals surface area contributed by atoms with Gasteiger partial charge in [0.05, 0.1) is 7.11 Å². The number of amides is 3. The van der Waals surface area contributed by atoms with Gasteiger partial charge < -0.3 is 9.72 Å². The van der Waals surface area contributed by atoms with E-state index in [1.165, 1.54) is 4.90 Å². The van der Waals surface area contributed by atoms with E-state index in [2.05, 4.69) is 18.0 Å². The maximum atomic E-state index is 13.4. The van der Waals surface area contributed by atoms with Crippen LogP contribution in [0.2, 0.25) is 0 Å². The molecule has 0 unspecified atom stereocenters. The lowest BCUT2D eigenvalue weighted by Crippen LogP contribution is -2.44. The number of para-hydroxylation sites is 1. The van der Waals surface area contributed by atoms with Gasteiger partial charge >= 0.3 is 6.03 Å². The Balaban J connectivity index is 1.68. The summed E-state index contributed by atoms with van der Waals surface area (Å²) in [6, 6.07) is 14.9. The lowest BCUT2D eigenvalue weighted by atomic mass is 9.89. The van der Waals surface area contributed by atoms with E-state index in [4.69, 9.17) is 4.74 Å². The van der Waals surface area contributed by atoms with E-state index in [-0.39, 0.29) is 18.0 Å². The summed E-state index contributed by atoms with van der Waals surface area (Å²) >= 11 is 0. The molecule has 1 N–H and O–H groups in total. The Labute approximate surface area is 175 Å². The van der Waals surface area contributed by atoms with Crippen LogP contribution in [0.1, 0.15) is 42.6 Å². The Morgan fingerprint density at radius 3 is 2.77 bits per heavy atom. The Morgan fingerprint density at radius 1 is 1.13 bits per heavy atom. The molecule has 6 heteroatoms. The second kappa shape index (κ2) is 7.20. The lowest BCUT2D eigenvalue weighted by Gasteiger charge is -2.36. The van der Waals surface area contributed by atoms with Crippen molar-refractivity contribution in [2.24, 2.45) is 0 Å². The number of aromatic amines is 1. The van der Waals surface area contributed by atoms with Crippen LogP contribution in [0.4, 0.5) is 4.79 Å². The van der Waals surface area contributed by atoms with E-state index in [1.54, 1.807) is 12.0 Å². The molecule has 2 aromatic carbocycles. The van der Waals surface area contributed by atoms with E-state index in [9.17, 15) is 9.59 Å². The van der Waals surface area contributed by atoms with Crippen LogP contribution in [-0.4, -0.2) is 46.4 Å². The van der Waals surface area contributed by atoms with Crippen molar-refractivity contribution < 1.29 is 14.3 Å². The second-order valence-corrected chi connectivity index (χ2v) is 8.00. The molecule has 1 fully saturated rings. The molecule has 3 heterocycles. The van der Waals surface area contributed by atoms with Crippen molar-refractivity contribution in [2.75, 3.05) is 13.7 Å². The Kier molecular flexibility index (Phi) is 4.50. The van der Waals surface area contributed by atoms with E-state index < -0.39 is 6.04 Å². The highest BCUT2D eigenvalue weighted by Crippen LogP contribution is 2.44. The predicted molar refractivity (Wildman–Crippen MR) is 114 cm³/mol. The van der Waals surface area contributed by atoms with E-state index in [1.807, 2.05) is 42.5 Å². The van der Waals surface area contributed by atoms with Gasteiger partial charge in [-0.15, -0.1) is 0 Å². The number of carbonyl (C=O) groups is 2. The SMILES string of the molecule is CCCCN1C(=O)[C@@H]2Cc3c([nH]c4ccccc34)[C@H](c3cccc(OC)c3)N2C1=O. The zero-order chi connectivity index (χ0) is 20.8. The summed E-state index contributed by atoms with van der Waals surface area (Å²) < 4.78 is 5.44. The number of benzene rings is 2. The molecule has 2 aliphatic heterocycles. The van der Waals surface area contributed by atoms with Gasteiger partial charge in [-0.3, -0.25) is 14.6 Å². The molecule has 1 saturated heterocycles. The number of unbranched alkanes of at least 4 members (excludes halogenated alkanes) is 1. The van der Waals surface area contributed by atoms with E-state index in [0.29, 0.717) is 13.0 Å². The Hall–Kier alpha value is -3.28. The Bertz CT molecular complexity index is 1140. The van der Waals surface area contributed by atoms with Crippen LogP contribution in [-0.2, 0) is 11.2 Å². The topological polar surface area (TPSA) is 65.6 Å². The number of aromatic nitrogens is 1.